The van der Waals surface area contributed by atoms with E-state index in [1.54, 1.807) is 0 Å². The molecule has 3 heteroatoms. The van der Waals surface area contributed by atoms with Crippen LogP contribution >= 0.6 is 15.9 Å². The number of nitrogens with zero attached hydrogens (tertiary/aromatic N) is 1. The predicted molar refractivity (Wildman–Crippen MR) is 67.9 cm³/mol. The molecule has 0 spiro atoms. The zero-order valence-electron chi connectivity index (χ0n) is 8.79. The Morgan fingerprint density at radius 1 is 1.20 bits per heavy atom. The fourth-order valence-electron chi connectivity index (χ4n) is 1.72. The van der Waals surface area contributed by atoms with Gasteiger partial charge in [-0.25, -0.2) is 4.98 Å². The minimum Gasteiger partial charge on any atom is -0.383 e. The molecule has 1 aromatic carbocycles. The summed E-state index contributed by atoms with van der Waals surface area (Å²) in [6, 6.07) is 8.18. The lowest BCUT2D eigenvalue weighted by molar-refractivity contribution is 0.836. The van der Waals surface area contributed by atoms with Crippen LogP contribution in [0.15, 0.2) is 28.7 Å². The average Bonchev–Trinajstić information content (AvgIpc) is 2.23. The highest BCUT2D eigenvalue weighted by Crippen LogP contribution is 2.32. The maximum Gasteiger partial charge on any atom is 0.138 e. The van der Waals surface area contributed by atoms with E-state index in [1.165, 1.54) is 5.39 Å². The van der Waals surface area contributed by atoms with Crippen LogP contribution in [0.4, 0.5) is 5.82 Å². The smallest absolute Gasteiger partial charge is 0.138 e. The van der Waals surface area contributed by atoms with Crippen molar-refractivity contribution in [3.05, 3.63) is 34.4 Å². The van der Waals surface area contributed by atoms with Crippen LogP contribution in [0.2, 0.25) is 0 Å². The molecule has 0 saturated carbocycles. The number of rotatable bonds is 1. The normalized spacial score (nSPS) is 11.2. The molecule has 0 saturated heterocycles. The Kier molecular flexibility index (Phi) is 2.65. The molecule has 0 amide bonds. The van der Waals surface area contributed by atoms with Gasteiger partial charge in [0.15, 0.2) is 0 Å². The number of fused-ring (bicyclic) bond motifs is 1. The van der Waals surface area contributed by atoms with Gasteiger partial charge in [0.1, 0.15) is 5.82 Å². The molecule has 2 N–H and O–H groups in total. The molecular formula is C12H13BrN2. The maximum absolute atomic E-state index is 5.87. The summed E-state index contributed by atoms with van der Waals surface area (Å²) >= 11 is 3.48. The van der Waals surface area contributed by atoms with Crippen molar-refractivity contribution >= 4 is 32.5 Å². The summed E-state index contributed by atoms with van der Waals surface area (Å²) in [5.41, 5.74) is 6.93. The van der Waals surface area contributed by atoms with E-state index >= 15 is 0 Å². The van der Waals surface area contributed by atoms with Crippen LogP contribution in [0, 0.1) is 0 Å². The van der Waals surface area contributed by atoms with Crippen LogP contribution in [0.25, 0.3) is 10.8 Å². The van der Waals surface area contributed by atoms with E-state index in [9.17, 15) is 0 Å². The molecule has 78 valence electrons. The highest BCUT2D eigenvalue weighted by atomic mass is 79.9. The van der Waals surface area contributed by atoms with E-state index in [1.807, 2.05) is 12.1 Å². The first kappa shape index (κ1) is 10.4. The van der Waals surface area contributed by atoms with Gasteiger partial charge in [0.05, 0.1) is 10.2 Å². The third-order valence-corrected chi connectivity index (χ3v) is 3.29. The molecular weight excluding hydrogens is 252 g/mol. The van der Waals surface area contributed by atoms with Crippen LogP contribution < -0.4 is 5.73 Å². The molecule has 0 aliphatic rings. The van der Waals surface area contributed by atoms with Gasteiger partial charge in [-0.2, -0.15) is 0 Å². The number of nitrogen functional groups attached to an aromatic ring is 1. The standard InChI is InChI=1S/C12H13BrN2/c1-7(2)11-9-6-4-3-5-8(9)10(13)12(14)15-11/h3-7H,1-2H3,(H2,14,15). The molecule has 0 aliphatic heterocycles. The first-order valence-corrected chi connectivity index (χ1v) is 5.74. The summed E-state index contributed by atoms with van der Waals surface area (Å²) in [6.45, 7) is 4.25. The van der Waals surface area contributed by atoms with Gasteiger partial charge in [-0.3, -0.25) is 0 Å². The number of benzene rings is 1. The van der Waals surface area contributed by atoms with Gasteiger partial charge in [-0.05, 0) is 21.8 Å². The van der Waals surface area contributed by atoms with Crippen molar-refractivity contribution in [2.45, 2.75) is 19.8 Å². The number of aromatic nitrogens is 1. The van der Waals surface area contributed by atoms with Gasteiger partial charge in [-0.1, -0.05) is 38.1 Å². The minimum absolute atomic E-state index is 0.380. The zero-order valence-corrected chi connectivity index (χ0v) is 10.4. The van der Waals surface area contributed by atoms with Gasteiger partial charge in [0.2, 0.25) is 0 Å². The second kappa shape index (κ2) is 3.81. The van der Waals surface area contributed by atoms with Crippen molar-refractivity contribution in [2.75, 3.05) is 5.73 Å². The summed E-state index contributed by atoms with van der Waals surface area (Å²) < 4.78 is 0.891. The van der Waals surface area contributed by atoms with E-state index in [0.29, 0.717) is 11.7 Å². The molecule has 1 aromatic heterocycles. The minimum atomic E-state index is 0.380. The summed E-state index contributed by atoms with van der Waals surface area (Å²) in [5.74, 6) is 0.947. The molecule has 0 aliphatic carbocycles. The fourth-order valence-corrected chi connectivity index (χ4v) is 2.15. The second-order valence-corrected chi connectivity index (χ2v) is 4.69. The monoisotopic (exact) mass is 264 g/mol. The average molecular weight is 265 g/mol. The Hall–Kier alpha value is -1.09. The zero-order chi connectivity index (χ0) is 11.0. The molecule has 0 radical (unpaired) electrons. The van der Waals surface area contributed by atoms with E-state index in [-0.39, 0.29) is 0 Å². The van der Waals surface area contributed by atoms with E-state index in [4.69, 9.17) is 5.73 Å². The summed E-state index contributed by atoms with van der Waals surface area (Å²) in [5, 5.41) is 2.31. The van der Waals surface area contributed by atoms with Crippen molar-refractivity contribution in [3.63, 3.8) is 0 Å². The van der Waals surface area contributed by atoms with E-state index < -0.39 is 0 Å². The molecule has 0 atom stereocenters. The first-order chi connectivity index (χ1) is 7.11. The summed E-state index contributed by atoms with van der Waals surface area (Å²) in [6.07, 6.45) is 0. The van der Waals surface area contributed by atoms with Crippen LogP contribution in [0.3, 0.4) is 0 Å². The van der Waals surface area contributed by atoms with Crippen molar-refractivity contribution in [1.29, 1.82) is 0 Å². The first-order valence-electron chi connectivity index (χ1n) is 4.95. The SMILES string of the molecule is CC(C)c1nc(N)c(Br)c2ccccc12. The number of hydrogen-bond donors (Lipinski definition) is 1. The van der Waals surface area contributed by atoms with E-state index in [0.717, 1.165) is 15.6 Å². The lowest BCUT2D eigenvalue weighted by Gasteiger charge is -2.11. The third kappa shape index (κ3) is 1.72. The Bertz CT molecular complexity index is 506. The van der Waals surface area contributed by atoms with Crippen LogP contribution in [0.5, 0.6) is 0 Å². The topological polar surface area (TPSA) is 38.9 Å². The highest BCUT2D eigenvalue weighted by molar-refractivity contribution is 9.10. The van der Waals surface area contributed by atoms with Crippen molar-refractivity contribution in [3.8, 4) is 0 Å². The quantitative estimate of drug-likeness (QED) is 0.853. The Morgan fingerprint density at radius 2 is 1.80 bits per heavy atom. The van der Waals surface area contributed by atoms with Crippen LogP contribution in [-0.4, -0.2) is 4.98 Å². The Balaban J connectivity index is 2.88. The molecule has 0 bridgehead atoms. The lowest BCUT2D eigenvalue weighted by Crippen LogP contribution is -2.00. The number of halogens is 1. The Morgan fingerprint density at radius 3 is 2.40 bits per heavy atom. The van der Waals surface area contributed by atoms with Crippen molar-refractivity contribution in [1.82, 2.24) is 4.98 Å². The molecule has 0 unspecified atom stereocenters. The molecule has 2 nitrogen and oxygen atoms in total. The number of anilines is 1. The Labute approximate surface area is 97.6 Å². The number of pyridine rings is 1. The molecule has 15 heavy (non-hydrogen) atoms. The molecule has 1 heterocycles. The fraction of sp³-hybridized carbons (Fsp3) is 0.250. The molecule has 0 fully saturated rings. The highest BCUT2D eigenvalue weighted by Gasteiger charge is 2.11. The molecule has 2 aromatic rings. The van der Waals surface area contributed by atoms with Gasteiger partial charge >= 0.3 is 0 Å². The largest absolute Gasteiger partial charge is 0.383 e. The summed E-state index contributed by atoms with van der Waals surface area (Å²) in [4.78, 5) is 4.43. The van der Waals surface area contributed by atoms with Crippen molar-refractivity contribution in [2.24, 2.45) is 0 Å². The second-order valence-electron chi connectivity index (χ2n) is 3.90. The maximum atomic E-state index is 5.87. The van der Waals surface area contributed by atoms with Crippen LogP contribution in [0.1, 0.15) is 25.5 Å². The van der Waals surface area contributed by atoms with Gasteiger partial charge in [-0.15, -0.1) is 0 Å². The summed E-state index contributed by atoms with van der Waals surface area (Å²) in [7, 11) is 0. The van der Waals surface area contributed by atoms with Crippen LogP contribution in [-0.2, 0) is 0 Å². The van der Waals surface area contributed by atoms with Gasteiger partial charge < -0.3 is 5.73 Å². The van der Waals surface area contributed by atoms with Crippen molar-refractivity contribution < 1.29 is 0 Å². The predicted octanol–water partition coefficient (Wildman–Crippen LogP) is 3.70. The molecule has 2 rings (SSSR count). The van der Waals surface area contributed by atoms with E-state index in [2.05, 4.69) is 46.9 Å². The number of hydrogen-bond acceptors (Lipinski definition) is 2. The van der Waals surface area contributed by atoms with Gasteiger partial charge in [0.25, 0.3) is 0 Å². The lowest BCUT2D eigenvalue weighted by atomic mass is 10.0. The number of nitrogens with two attached hydrogens (primary N) is 1. The van der Waals surface area contributed by atoms with Gasteiger partial charge in [0, 0.05) is 10.8 Å². The third-order valence-electron chi connectivity index (χ3n) is 2.45.